The van der Waals surface area contributed by atoms with Crippen LogP contribution in [0.2, 0.25) is 5.02 Å². The average Bonchev–Trinajstić information content (AvgIpc) is 2.84. The number of piperidine rings is 1. The number of aromatic amines is 1. The smallest absolute Gasteiger partial charge is 0.228 e. The molecule has 1 aromatic heterocycles. The van der Waals surface area contributed by atoms with Gasteiger partial charge in [-0.3, -0.25) is 9.89 Å². The van der Waals surface area contributed by atoms with Gasteiger partial charge in [0.05, 0.1) is 10.5 Å². The second-order valence-corrected chi connectivity index (χ2v) is 5.16. The molecule has 1 amide bonds. The topological polar surface area (TPSA) is 69.8 Å². The highest BCUT2D eigenvalue weighted by Gasteiger charge is 2.22. The van der Waals surface area contributed by atoms with Gasteiger partial charge in [-0.15, -0.1) is 12.4 Å². The quantitative estimate of drug-likeness (QED) is 0.798. The van der Waals surface area contributed by atoms with Crippen molar-refractivity contribution in [2.75, 3.05) is 18.4 Å². The van der Waals surface area contributed by atoms with Crippen LogP contribution in [0.1, 0.15) is 12.8 Å². The molecule has 5 nitrogen and oxygen atoms in total. The number of carbonyl (C=O) groups excluding carboxylic acids is 1. The van der Waals surface area contributed by atoms with Gasteiger partial charge in [0.25, 0.3) is 0 Å². The Balaban J connectivity index is 0.00000147. The van der Waals surface area contributed by atoms with Crippen LogP contribution in [0.5, 0.6) is 0 Å². The number of halogens is 2. The highest BCUT2D eigenvalue weighted by molar-refractivity contribution is 6.35. The number of para-hydroxylation sites is 1. The molecule has 1 fully saturated rings. The molecule has 0 unspecified atom stereocenters. The molecule has 0 aliphatic carbocycles. The Morgan fingerprint density at radius 1 is 1.35 bits per heavy atom. The van der Waals surface area contributed by atoms with Crippen LogP contribution in [0.3, 0.4) is 0 Å². The molecular formula is C13H16Cl2N4O. The van der Waals surface area contributed by atoms with Crippen LogP contribution in [0.4, 0.5) is 5.82 Å². The van der Waals surface area contributed by atoms with Crippen molar-refractivity contribution in [3.63, 3.8) is 0 Å². The van der Waals surface area contributed by atoms with Crippen LogP contribution in [0, 0.1) is 5.92 Å². The van der Waals surface area contributed by atoms with Gasteiger partial charge in [-0.05, 0) is 38.1 Å². The summed E-state index contributed by atoms with van der Waals surface area (Å²) in [6.07, 6.45) is 1.74. The normalized spacial score (nSPS) is 15.8. The molecule has 2 heterocycles. The number of carbonyl (C=O) groups is 1. The van der Waals surface area contributed by atoms with E-state index in [2.05, 4.69) is 20.8 Å². The van der Waals surface area contributed by atoms with Crippen LogP contribution in [-0.2, 0) is 4.79 Å². The largest absolute Gasteiger partial charge is 0.317 e. The van der Waals surface area contributed by atoms with E-state index in [1.165, 1.54) is 0 Å². The van der Waals surface area contributed by atoms with Crippen molar-refractivity contribution in [1.29, 1.82) is 0 Å². The molecule has 0 saturated carbocycles. The lowest BCUT2D eigenvalue weighted by Crippen LogP contribution is -2.34. The number of hydrogen-bond acceptors (Lipinski definition) is 3. The first-order valence-electron chi connectivity index (χ1n) is 6.40. The summed E-state index contributed by atoms with van der Waals surface area (Å²) in [6, 6.07) is 5.53. The van der Waals surface area contributed by atoms with Gasteiger partial charge in [-0.1, -0.05) is 17.7 Å². The third-order valence-electron chi connectivity index (χ3n) is 3.50. The number of amides is 1. The molecule has 2 aromatic rings. The lowest BCUT2D eigenvalue weighted by Gasteiger charge is -2.21. The zero-order valence-electron chi connectivity index (χ0n) is 10.8. The minimum atomic E-state index is 0. The van der Waals surface area contributed by atoms with Gasteiger partial charge < -0.3 is 10.6 Å². The molecule has 1 saturated heterocycles. The number of nitrogens with zero attached hydrogens (tertiary/aromatic N) is 1. The number of fused-ring (bicyclic) bond motifs is 1. The van der Waals surface area contributed by atoms with E-state index in [9.17, 15) is 4.79 Å². The Kier molecular flexibility index (Phi) is 4.86. The summed E-state index contributed by atoms with van der Waals surface area (Å²) in [5.74, 6) is 0.656. The summed E-state index contributed by atoms with van der Waals surface area (Å²) in [6.45, 7) is 1.79. The van der Waals surface area contributed by atoms with E-state index in [1.807, 2.05) is 12.1 Å². The Morgan fingerprint density at radius 3 is 2.85 bits per heavy atom. The second-order valence-electron chi connectivity index (χ2n) is 4.75. The molecule has 0 radical (unpaired) electrons. The molecule has 108 valence electrons. The molecule has 1 aliphatic rings. The predicted molar refractivity (Wildman–Crippen MR) is 82.6 cm³/mol. The minimum Gasteiger partial charge on any atom is -0.317 e. The maximum Gasteiger partial charge on any atom is 0.228 e. The molecular weight excluding hydrogens is 299 g/mol. The van der Waals surface area contributed by atoms with E-state index in [-0.39, 0.29) is 24.2 Å². The number of aromatic nitrogens is 2. The SMILES string of the molecule is Cl.O=C(Nc1n[nH]c2c(Cl)cccc12)C1CCNCC1. The highest BCUT2D eigenvalue weighted by atomic mass is 35.5. The Labute approximate surface area is 127 Å². The van der Waals surface area contributed by atoms with Crippen molar-refractivity contribution in [2.45, 2.75) is 12.8 Å². The summed E-state index contributed by atoms with van der Waals surface area (Å²) in [4.78, 5) is 12.2. The standard InChI is InChI=1S/C13H15ClN4O.ClH/c14-10-3-1-2-9-11(10)17-18-12(9)16-13(19)8-4-6-15-7-5-8;/h1-3,8,15H,4-7H2,(H2,16,17,18,19);1H. The van der Waals surface area contributed by atoms with E-state index in [0.29, 0.717) is 10.8 Å². The Bertz CT molecular complexity index is 607. The second kappa shape index (κ2) is 6.43. The van der Waals surface area contributed by atoms with Crippen molar-refractivity contribution >= 4 is 46.6 Å². The van der Waals surface area contributed by atoms with Crippen molar-refractivity contribution in [3.8, 4) is 0 Å². The van der Waals surface area contributed by atoms with Crippen LogP contribution in [-0.4, -0.2) is 29.2 Å². The number of rotatable bonds is 2. The Morgan fingerprint density at radius 2 is 2.10 bits per heavy atom. The fourth-order valence-electron chi connectivity index (χ4n) is 2.41. The van der Waals surface area contributed by atoms with E-state index in [4.69, 9.17) is 11.6 Å². The number of hydrogen-bond donors (Lipinski definition) is 3. The Hall–Kier alpha value is -1.30. The summed E-state index contributed by atoms with van der Waals surface area (Å²) >= 11 is 6.06. The van der Waals surface area contributed by atoms with Crippen LogP contribution < -0.4 is 10.6 Å². The van der Waals surface area contributed by atoms with Gasteiger partial charge in [0, 0.05) is 11.3 Å². The zero-order valence-corrected chi connectivity index (χ0v) is 12.4. The van der Waals surface area contributed by atoms with Crippen molar-refractivity contribution in [2.24, 2.45) is 5.92 Å². The molecule has 20 heavy (non-hydrogen) atoms. The van der Waals surface area contributed by atoms with E-state index in [1.54, 1.807) is 6.07 Å². The maximum atomic E-state index is 12.2. The minimum absolute atomic E-state index is 0. The molecule has 0 spiro atoms. The molecule has 1 aromatic carbocycles. The van der Waals surface area contributed by atoms with Crippen LogP contribution >= 0.6 is 24.0 Å². The van der Waals surface area contributed by atoms with Crippen molar-refractivity contribution in [1.82, 2.24) is 15.5 Å². The van der Waals surface area contributed by atoms with Gasteiger partial charge in [-0.2, -0.15) is 5.10 Å². The molecule has 3 N–H and O–H groups in total. The third kappa shape index (κ3) is 2.90. The summed E-state index contributed by atoms with van der Waals surface area (Å²) in [7, 11) is 0. The summed E-state index contributed by atoms with van der Waals surface area (Å²) in [5.41, 5.74) is 0.754. The molecule has 1 aliphatic heterocycles. The van der Waals surface area contributed by atoms with Gasteiger partial charge in [0.15, 0.2) is 5.82 Å². The molecule has 7 heteroatoms. The number of H-pyrrole nitrogens is 1. The predicted octanol–water partition coefficient (Wildman–Crippen LogP) is 2.58. The number of anilines is 1. The van der Waals surface area contributed by atoms with Crippen LogP contribution in [0.25, 0.3) is 10.9 Å². The lowest BCUT2D eigenvalue weighted by molar-refractivity contribution is -0.120. The van der Waals surface area contributed by atoms with Crippen LogP contribution in [0.15, 0.2) is 18.2 Å². The van der Waals surface area contributed by atoms with Gasteiger partial charge in [0.1, 0.15) is 0 Å². The van der Waals surface area contributed by atoms with Crippen molar-refractivity contribution < 1.29 is 4.79 Å². The van der Waals surface area contributed by atoms with Gasteiger partial charge in [-0.25, -0.2) is 0 Å². The average molecular weight is 315 g/mol. The van der Waals surface area contributed by atoms with Crippen molar-refractivity contribution in [3.05, 3.63) is 23.2 Å². The molecule has 3 rings (SSSR count). The number of nitrogens with one attached hydrogen (secondary N) is 3. The van der Waals surface area contributed by atoms with Gasteiger partial charge >= 0.3 is 0 Å². The summed E-state index contributed by atoms with van der Waals surface area (Å²) < 4.78 is 0. The molecule has 0 atom stereocenters. The van der Waals surface area contributed by atoms with E-state index < -0.39 is 0 Å². The first-order valence-corrected chi connectivity index (χ1v) is 6.77. The molecule has 0 bridgehead atoms. The zero-order chi connectivity index (χ0) is 13.2. The fourth-order valence-corrected chi connectivity index (χ4v) is 2.62. The van der Waals surface area contributed by atoms with Gasteiger partial charge in [0.2, 0.25) is 5.91 Å². The highest BCUT2D eigenvalue weighted by Crippen LogP contribution is 2.27. The first-order chi connectivity index (χ1) is 9.25. The summed E-state index contributed by atoms with van der Waals surface area (Å²) in [5, 5.41) is 14.6. The van der Waals surface area contributed by atoms with E-state index >= 15 is 0 Å². The first kappa shape index (κ1) is 15.1. The fraction of sp³-hybridized carbons (Fsp3) is 0.385. The lowest BCUT2D eigenvalue weighted by atomic mass is 9.97. The monoisotopic (exact) mass is 314 g/mol. The van der Waals surface area contributed by atoms with E-state index in [0.717, 1.165) is 36.8 Å². The third-order valence-corrected chi connectivity index (χ3v) is 3.81. The number of benzene rings is 1. The maximum absolute atomic E-state index is 12.2.